The van der Waals surface area contributed by atoms with Crippen LogP contribution in [0.2, 0.25) is 0 Å². The smallest absolute Gasteiger partial charge is 0.326 e. The van der Waals surface area contributed by atoms with Crippen molar-refractivity contribution >= 4 is 18.2 Å². The molecule has 1 atom stereocenters. The van der Waals surface area contributed by atoms with E-state index < -0.39 is 12.0 Å². The number of hydrogen-bond acceptors (Lipinski definition) is 4. The van der Waals surface area contributed by atoms with Crippen LogP contribution in [0.15, 0.2) is 40.8 Å². The van der Waals surface area contributed by atoms with Crippen molar-refractivity contribution in [3.8, 4) is 11.3 Å². The summed E-state index contributed by atoms with van der Waals surface area (Å²) in [4.78, 5) is 32.7. The van der Waals surface area contributed by atoms with Gasteiger partial charge in [0.1, 0.15) is 11.8 Å². The van der Waals surface area contributed by atoms with E-state index in [9.17, 15) is 14.4 Å². The highest BCUT2D eigenvalue weighted by atomic mass is 16.4. The molecule has 0 aliphatic rings. The number of amides is 1. The van der Waals surface area contributed by atoms with E-state index in [0.717, 1.165) is 11.1 Å². The maximum absolute atomic E-state index is 11.1. The van der Waals surface area contributed by atoms with Crippen LogP contribution in [0.1, 0.15) is 23.0 Å². The lowest BCUT2D eigenvalue weighted by atomic mass is 10.0. The predicted octanol–water partition coefficient (Wildman–Crippen LogP) is 1.89. The summed E-state index contributed by atoms with van der Waals surface area (Å²) < 4.78 is 5.31. The van der Waals surface area contributed by atoms with Gasteiger partial charge in [-0.1, -0.05) is 24.3 Å². The molecule has 6 heteroatoms. The Morgan fingerprint density at radius 2 is 1.91 bits per heavy atom. The Hall–Kier alpha value is -2.89. The summed E-state index contributed by atoms with van der Waals surface area (Å²) in [5.41, 5.74) is 1.55. The van der Waals surface area contributed by atoms with Gasteiger partial charge in [-0.05, 0) is 17.7 Å². The summed E-state index contributed by atoms with van der Waals surface area (Å²) in [5, 5.41) is 11.5. The molecule has 2 N–H and O–H groups in total. The number of carboxylic acids is 1. The molecule has 0 radical (unpaired) electrons. The van der Waals surface area contributed by atoms with Crippen molar-refractivity contribution in [1.82, 2.24) is 5.32 Å². The van der Waals surface area contributed by atoms with E-state index >= 15 is 0 Å². The van der Waals surface area contributed by atoms with Crippen molar-refractivity contribution in [3.05, 3.63) is 47.7 Å². The molecule has 0 saturated carbocycles. The highest BCUT2D eigenvalue weighted by molar-refractivity contribution is 5.82. The Bertz CT molecular complexity index is 687. The third-order valence-corrected chi connectivity index (χ3v) is 3.10. The number of aldehydes is 1. The second-order valence-corrected chi connectivity index (χ2v) is 4.81. The van der Waals surface area contributed by atoms with Crippen LogP contribution in [0, 0.1) is 0 Å². The number of rotatable bonds is 6. The largest absolute Gasteiger partial charge is 0.480 e. The van der Waals surface area contributed by atoms with Gasteiger partial charge in [0.15, 0.2) is 12.0 Å². The van der Waals surface area contributed by atoms with Crippen LogP contribution in [0.4, 0.5) is 0 Å². The first kappa shape index (κ1) is 15.5. The van der Waals surface area contributed by atoms with E-state index in [1.807, 2.05) is 0 Å². The number of carbonyl (C=O) groups excluding carboxylic acids is 2. The molecule has 0 bridgehead atoms. The summed E-state index contributed by atoms with van der Waals surface area (Å²) >= 11 is 0. The highest BCUT2D eigenvalue weighted by Crippen LogP contribution is 2.22. The van der Waals surface area contributed by atoms with Gasteiger partial charge in [0.05, 0.1) is 0 Å². The van der Waals surface area contributed by atoms with Crippen molar-refractivity contribution in [2.24, 2.45) is 0 Å². The zero-order chi connectivity index (χ0) is 16.1. The zero-order valence-corrected chi connectivity index (χ0v) is 11.9. The maximum atomic E-state index is 11.1. The fourth-order valence-electron chi connectivity index (χ4n) is 2.06. The van der Waals surface area contributed by atoms with Gasteiger partial charge >= 0.3 is 5.97 Å². The molecule has 1 amide bonds. The van der Waals surface area contributed by atoms with Crippen LogP contribution in [0.5, 0.6) is 0 Å². The van der Waals surface area contributed by atoms with Crippen LogP contribution in [0.25, 0.3) is 11.3 Å². The molecule has 1 unspecified atom stereocenters. The fourth-order valence-corrected chi connectivity index (χ4v) is 2.06. The van der Waals surface area contributed by atoms with Crippen LogP contribution in [-0.2, 0) is 16.0 Å². The van der Waals surface area contributed by atoms with Crippen LogP contribution in [0.3, 0.4) is 0 Å². The third kappa shape index (κ3) is 3.82. The molecule has 0 aliphatic carbocycles. The first-order valence-electron chi connectivity index (χ1n) is 6.64. The summed E-state index contributed by atoms with van der Waals surface area (Å²) in [7, 11) is 0. The van der Waals surface area contributed by atoms with Crippen LogP contribution in [-0.4, -0.2) is 29.3 Å². The topological polar surface area (TPSA) is 96.6 Å². The lowest BCUT2D eigenvalue weighted by Crippen LogP contribution is -2.41. The molecular weight excluding hydrogens is 286 g/mol. The summed E-state index contributed by atoms with van der Waals surface area (Å²) in [6.07, 6.45) is 0.815. The van der Waals surface area contributed by atoms with E-state index in [1.54, 1.807) is 36.4 Å². The molecular formula is C16H15NO5. The first-order valence-corrected chi connectivity index (χ1v) is 6.64. The van der Waals surface area contributed by atoms with Gasteiger partial charge in [-0.15, -0.1) is 0 Å². The molecule has 0 aliphatic heterocycles. The van der Waals surface area contributed by atoms with Gasteiger partial charge in [-0.2, -0.15) is 0 Å². The molecule has 2 rings (SSSR count). The molecule has 2 aromatic rings. The normalized spacial score (nSPS) is 11.7. The van der Waals surface area contributed by atoms with Crippen molar-refractivity contribution in [2.45, 2.75) is 19.4 Å². The lowest BCUT2D eigenvalue weighted by molar-refractivity contribution is -0.141. The first-order chi connectivity index (χ1) is 10.5. The van der Waals surface area contributed by atoms with Crippen molar-refractivity contribution in [1.29, 1.82) is 0 Å². The molecule has 0 fully saturated rings. The molecule has 1 aromatic heterocycles. The molecule has 0 saturated heterocycles. The molecule has 22 heavy (non-hydrogen) atoms. The van der Waals surface area contributed by atoms with Gasteiger partial charge in [0.2, 0.25) is 5.91 Å². The SMILES string of the molecule is CC(=O)NC(Cc1ccc(-c2ccc(C=O)o2)cc1)C(=O)O. The maximum Gasteiger partial charge on any atom is 0.326 e. The lowest BCUT2D eigenvalue weighted by Gasteiger charge is -2.13. The van der Waals surface area contributed by atoms with E-state index in [2.05, 4.69) is 5.32 Å². The van der Waals surface area contributed by atoms with Gasteiger partial charge in [0, 0.05) is 18.9 Å². The van der Waals surface area contributed by atoms with E-state index in [1.165, 1.54) is 6.92 Å². The second kappa shape index (κ2) is 6.71. The quantitative estimate of drug-likeness (QED) is 0.794. The Morgan fingerprint density at radius 3 is 2.41 bits per heavy atom. The monoisotopic (exact) mass is 301 g/mol. The van der Waals surface area contributed by atoms with Crippen molar-refractivity contribution < 1.29 is 23.9 Å². The average Bonchev–Trinajstić information content (AvgIpc) is 2.95. The Kier molecular flexibility index (Phi) is 4.73. The third-order valence-electron chi connectivity index (χ3n) is 3.10. The minimum atomic E-state index is -1.08. The van der Waals surface area contributed by atoms with Crippen LogP contribution >= 0.6 is 0 Å². The zero-order valence-electron chi connectivity index (χ0n) is 11.9. The number of aliphatic carboxylic acids is 1. The summed E-state index contributed by atoms with van der Waals surface area (Å²) in [6, 6.07) is 9.37. The molecule has 114 valence electrons. The average molecular weight is 301 g/mol. The number of carbonyl (C=O) groups is 3. The van der Waals surface area contributed by atoms with Crippen molar-refractivity contribution in [3.63, 3.8) is 0 Å². The summed E-state index contributed by atoms with van der Waals surface area (Å²) in [6.45, 7) is 1.28. The number of furan rings is 1. The van der Waals surface area contributed by atoms with E-state index in [4.69, 9.17) is 9.52 Å². The Balaban J connectivity index is 2.12. The fraction of sp³-hybridized carbons (Fsp3) is 0.188. The van der Waals surface area contributed by atoms with Gasteiger partial charge in [-0.3, -0.25) is 9.59 Å². The van der Waals surface area contributed by atoms with E-state index in [-0.39, 0.29) is 18.1 Å². The minimum Gasteiger partial charge on any atom is -0.480 e. The second-order valence-electron chi connectivity index (χ2n) is 4.81. The van der Waals surface area contributed by atoms with Crippen LogP contribution < -0.4 is 5.32 Å². The minimum absolute atomic E-state index is 0.187. The van der Waals surface area contributed by atoms with Gasteiger partial charge in [0.25, 0.3) is 0 Å². The molecule has 0 spiro atoms. The molecule has 6 nitrogen and oxygen atoms in total. The number of benzene rings is 1. The molecule has 1 heterocycles. The van der Waals surface area contributed by atoms with Gasteiger partial charge < -0.3 is 14.8 Å². The standard InChI is InChI=1S/C16H15NO5/c1-10(19)17-14(16(20)21)8-11-2-4-12(5-3-11)15-7-6-13(9-18)22-15/h2-7,9,14H,8H2,1H3,(H,17,19)(H,20,21). The number of carboxylic acid groups (broad SMARTS) is 1. The Labute approximate surface area is 126 Å². The number of hydrogen-bond donors (Lipinski definition) is 2. The predicted molar refractivity (Wildman–Crippen MR) is 78.5 cm³/mol. The Morgan fingerprint density at radius 1 is 1.23 bits per heavy atom. The van der Waals surface area contributed by atoms with Crippen molar-refractivity contribution in [2.75, 3.05) is 0 Å². The number of nitrogens with one attached hydrogen (secondary N) is 1. The van der Waals surface area contributed by atoms with Gasteiger partial charge in [-0.25, -0.2) is 4.79 Å². The highest BCUT2D eigenvalue weighted by Gasteiger charge is 2.18. The molecule has 1 aromatic carbocycles. The van der Waals surface area contributed by atoms with E-state index in [0.29, 0.717) is 12.0 Å². The summed E-state index contributed by atoms with van der Waals surface area (Å²) in [5.74, 6) is -0.664.